The molecular weight excluding hydrogens is 222 g/mol. The fourth-order valence-electron chi connectivity index (χ4n) is 2.59. The molecular formula is C15H25N3. The second-order valence-corrected chi connectivity index (χ2v) is 5.82. The van der Waals surface area contributed by atoms with Crippen molar-refractivity contribution in [2.75, 3.05) is 6.54 Å². The van der Waals surface area contributed by atoms with E-state index in [0.29, 0.717) is 6.04 Å². The first-order valence-corrected chi connectivity index (χ1v) is 7.01. The number of hydrogen-bond donors (Lipinski definition) is 1. The van der Waals surface area contributed by atoms with Gasteiger partial charge >= 0.3 is 0 Å². The minimum Gasteiger partial charge on any atom is -0.326 e. The van der Waals surface area contributed by atoms with E-state index >= 15 is 0 Å². The second kappa shape index (κ2) is 5.81. The van der Waals surface area contributed by atoms with Gasteiger partial charge in [-0.05, 0) is 51.2 Å². The molecule has 2 unspecified atom stereocenters. The molecule has 1 aromatic heterocycles. The molecule has 1 heterocycles. The number of rotatable bonds is 6. The van der Waals surface area contributed by atoms with E-state index in [9.17, 15) is 0 Å². The van der Waals surface area contributed by atoms with E-state index in [4.69, 9.17) is 5.73 Å². The molecule has 2 rings (SSSR count). The summed E-state index contributed by atoms with van der Waals surface area (Å²) in [5.41, 5.74) is 7.47. The highest BCUT2D eigenvalue weighted by Crippen LogP contribution is 2.34. The lowest BCUT2D eigenvalue weighted by Gasteiger charge is -2.37. The summed E-state index contributed by atoms with van der Waals surface area (Å²) in [6.07, 6.45) is 6.53. The molecule has 1 saturated carbocycles. The van der Waals surface area contributed by atoms with E-state index < -0.39 is 0 Å². The SMILES string of the molecule is CC(N)C(c1cccnc1)N(CC1CC1)C(C)C. The molecule has 1 aliphatic carbocycles. The van der Waals surface area contributed by atoms with E-state index in [2.05, 4.69) is 36.7 Å². The van der Waals surface area contributed by atoms with Crippen molar-refractivity contribution in [3.63, 3.8) is 0 Å². The van der Waals surface area contributed by atoms with Crippen molar-refractivity contribution < 1.29 is 0 Å². The third-order valence-electron chi connectivity index (χ3n) is 3.71. The summed E-state index contributed by atoms with van der Waals surface area (Å²) in [4.78, 5) is 6.78. The minimum atomic E-state index is 0.121. The molecule has 0 aliphatic heterocycles. The van der Waals surface area contributed by atoms with E-state index in [0.717, 1.165) is 5.92 Å². The first-order chi connectivity index (χ1) is 8.59. The molecule has 0 spiro atoms. The lowest BCUT2D eigenvalue weighted by molar-refractivity contribution is 0.129. The highest BCUT2D eigenvalue weighted by Gasteiger charge is 2.32. The Morgan fingerprint density at radius 3 is 2.56 bits per heavy atom. The zero-order chi connectivity index (χ0) is 13.1. The van der Waals surface area contributed by atoms with Crippen LogP contribution in [0, 0.1) is 5.92 Å². The average Bonchev–Trinajstić information content (AvgIpc) is 3.13. The maximum Gasteiger partial charge on any atom is 0.0514 e. The number of aromatic nitrogens is 1. The average molecular weight is 247 g/mol. The van der Waals surface area contributed by atoms with Crippen molar-refractivity contribution >= 4 is 0 Å². The van der Waals surface area contributed by atoms with E-state index in [1.165, 1.54) is 24.9 Å². The van der Waals surface area contributed by atoms with Gasteiger partial charge in [0.2, 0.25) is 0 Å². The molecule has 0 saturated heterocycles. The van der Waals surface area contributed by atoms with Crippen LogP contribution in [-0.2, 0) is 0 Å². The monoisotopic (exact) mass is 247 g/mol. The Morgan fingerprint density at radius 2 is 2.11 bits per heavy atom. The fourth-order valence-corrected chi connectivity index (χ4v) is 2.59. The molecule has 0 bridgehead atoms. The van der Waals surface area contributed by atoms with Gasteiger partial charge in [0.1, 0.15) is 0 Å². The van der Waals surface area contributed by atoms with Crippen LogP contribution in [0.4, 0.5) is 0 Å². The summed E-state index contributed by atoms with van der Waals surface area (Å²) in [6, 6.07) is 5.06. The van der Waals surface area contributed by atoms with Crippen molar-refractivity contribution in [1.82, 2.24) is 9.88 Å². The van der Waals surface area contributed by atoms with Crippen molar-refractivity contribution in [2.45, 2.75) is 51.7 Å². The van der Waals surface area contributed by atoms with E-state index in [1.54, 1.807) is 0 Å². The van der Waals surface area contributed by atoms with Crippen molar-refractivity contribution in [3.8, 4) is 0 Å². The second-order valence-electron chi connectivity index (χ2n) is 5.82. The van der Waals surface area contributed by atoms with Crippen LogP contribution in [0.25, 0.3) is 0 Å². The molecule has 2 atom stereocenters. The van der Waals surface area contributed by atoms with Crippen LogP contribution in [0.1, 0.15) is 45.2 Å². The third kappa shape index (κ3) is 3.30. The van der Waals surface area contributed by atoms with Crippen molar-refractivity contribution in [3.05, 3.63) is 30.1 Å². The normalized spacial score (nSPS) is 19.2. The Labute approximate surface area is 110 Å². The lowest BCUT2D eigenvalue weighted by Crippen LogP contribution is -2.44. The first-order valence-electron chi connectivity index (χ1n) is 7.01. The highest BCUT2D eigenvalue weighted by atomic mass is 15.2. The quantitative estimate of drug-likeness (QED) is 0.840. The molecule has 0 aromatic carbocycles. The van der Waals surface area contributed by atoms with E-state index in [-0.39, 0.29) is 12.1 Å². The van der Waals surface area contributed by atoms with Gasteiger partial charge in [-0.1, -0.05) is 6.07 Å². The van der Waals surface area contributed by atoms with Crippen LogP contribution in [0.15, 0.2) is 24.5 Å². The van der Waals surface area contributed by atoms with Gasteiger partial charge in [-0.25, -0.2) is 0 Å². The molecule has 2 N–H and O–H groups in total. The van der Waals surface area contributed by atoms with Crippen molar-refractivity contribution in [2.24, 2.45) is 11.7 Å². The smallest absolute Gasteiger partial charge is 0.0514 e. The zero-order valence-corrected chi connectivity index (χ0v) is 11.7. The van der Waals surface area contributed by atoms with Gasteiger partial charge in [-0.3, -0.25) is 9.88 Å². The standard InChI is InChI=1S/C15H25N3/c1-11(2)18(10-13-6-7-13)15(12(3)16)14-5-4-8-17-9-14/h4-5,8-9,11-13,15H,6-7,10,16H2,1-3H3. The molecule has 100 valence electrons. The van der Waals surface area contributed by atoms with Gasteiger partial charge in [0.25, 0.3) is 0 Å². The first kappa shape index (κ1) is 13.5. The molecule has 0 amide bonds. The topological polar surface area (TPSA) is 42.1 Å². The molecule has 3 nitrogen and oxygen atoms in total. The molecule has 1 fully saturated rings. The third-order valence-corrected chi connectivity index (χ3v) is 3.71. The summed E-state index contributed by atoms with van der Waals surface area (Å²) in [5.74, 6) is 0.880. The molecule has 1 aliphatic rings. The van der Waals surface area contributed by atoms with Crippen LogP contribution < -0.4 is 5.73 Å². The van der Waals surface area contributed by atoms with Gasteiger partial charge < -0.3 is 5.73 Å². The number of nitrogens with zero attached hydrogens (tertiary/aromatic N) is 2. The summed E-state index contributed by atoms with van der Waals surface area (Å²) < 4.78 is 0. The van der Waals surface area contributed by atoms with Crippen LogP contribution in [-0.4, -0.2) is 28.5 Å². The number of pyridine rings is 1. The Kier molecular flexibility index (Phi) is 4.36. The summed E-state index contributed by atoms with van der Waals surface area (Å²) >= 11 is 0. The molecule has 18 heavy (non-hydrogen) atoms. The van der Waals surface area contributed by atoms with Crippen LogP contribution in [0.2, 0.25) is 0 Å². The summed E-state index contributed by atoms with van der Waals surface area (Å²) in [5, 5.41) is 0. The minimum absolute atomic E-state index is 0.121. The largest absolute Gasteiger partial charge is 0.326 e. The van der Waals surface area contributed by atoms with Gasteiger partial charge in [0.15, 0.2) is 0 Å². The maximum absolute atomic E-state index is 6.23. The van der Waals surface area contributed by atoms with Crippen LogP contribution >= 0.6 is 0 Å². The van der Waals surface area contributed by atoms with Gasteiger partial charge in [0, 0.05) is 31.0 Å². The fraction of sp³-hybridized carbons (Fsp3) is 0.667. The molecule has 3 heteroatoms. The van der Waals surface area contributed by atoms with Crippen molar-refractivity contribution in [1.29, 1.82) is 0 Å². The number of nitrogens with two attached hydrogens (primary N) is 1. The van der Waals surface area contributed by atoms with Gasteiger partial charge in [-0.2, -0.15) is 0 Å². The summed E-state index contributed by atoms with van der Waals surface area (Å²) in [6.45, 7) is 7.78. The molecule has 0 radical (unpaired) electrons. The lowest BCUT2D eigenvalue weighted by atomic mass is 9.99. The number of hydrogen-bond acceptors (Lipinski definition) is 3. The predicted molar refractivity (Wildman–Crippen MR) is 75.2 cm³/mol. The Balaban J connectivity index is 2.20. The highest BCUT2D eigenvalue weighted by molar-refractivity contribution is 5.16. The van der Waals surface area contributed by atoms with Crippen LogP contribution in [0.5, 0.6) is 0 Å². The summed E-state index contributed by atoms with van der Waals surface area (Å²) in [7, 11) is 0. The van der Waals surface area contributed by atoms with Gasteiger partial charge in [0.05, 0.1) is 6.04 Å². The zero-order valence-electron chi connectivity index (χ0n) is 11.7. The predicted octanol–water partition coefficient (Wildman–Crippen LogP) is 2.59. The Morgan fingerprint density at radius 1 is 1.39 bits per heavy atom. The van der Waals surface area contributed by atoms with E-state index in [1.807, 2.05) is 18.5 Å². The van der Waals surface area contributed by atoms with Crippen LogP contribution in [0.3, 0.4) is 0 Å². The Bertz CT molecular complexity index is 357. The Hall–Kier alpha value is -0.930. The molecule has 1 aromatic rings. The maximum atomic E-state index is 6.23. The van der Waals surface area contributed by atoms with Gasteiger partial charge in [-0.15, -0.1) is 0 Å².